The Kier molecular flexibility index (Phi) is 4.66. The minimum absolute atomic E-state index is 0.206. The molecular weight excluding hydrogens is 303 g/mol. The molecule has 1 N–H and O–H groups in total. The van der Waals surface area contributed by atoms with Gasteiger partial charge in [-0.05, 0) is 36.8 Å². The molecule has 0 aliphatic rings. The van der Waals surface area contributed by atoms with Gasteiger partial charge >= 0.3 is 0 Å². The first-order chi connectivity index (χ1) is 11.6. The van der Waals surface area contributed by atoms with Crippen LogP contribution < -0.4 is 5.32 Å². The molecule has 0 fully saturated rings. The Morgan fingerprint density at radius 3 is 2.33 bits per heavy atom. The highest BCUT2D eigenvalue weighted by molar-refractivity contribution is 5.94. The summed E-state index contributed by atoms with van der Waals surface area (Å²) in [5.74, 6) is -0.497. The SMILES string of the molecule is Cc1ccc(-c2ccc(C(=O)NCc3ccc(F)cc3)cn2)cc1. The van der Waals surface area contributed by atoms with Crippen LogP contribution in [-0.4, -0.2) is 10.9 Å². The Morgan fingerprint density at radius 2 is 1.71 bits per heavy atom. The zero-order valence-corrected chi connectivity index (χ0v) is 13.3. The third kappa shape index (κ3) is 3.84. The van der Waals surface area contributed by atoms with Crippen LogP contribution in [0.15, 0.2) is 66.9 Å². The molecule has 0 bridgehead atoms. The summed E-state index contributed by atoms with van der Waals surface area (Å²) in [5, 5.41) is 2.80. The molecule has 0 aliphatic carbocycles. The van der Waals surface area contributed by atoms with E-state index in [-0.39, 0.29) is 11.7 Å². The van der Waals surface area contributed by atoms with Crippen LogP contribution in [0.4, 0.5) is 4.39 Å². The number of carbonyl (C=O) groups is 1. The van der Waals surface area contributed by atoms with Gasteiger partial charge in [-0.1, -0.05) is 42.0 Å². The Morgan fingerprint density at radius 1 is 1.00 bits per heavy atom. The molecule has 2 aromatic carbocycles. The fourth-order valence-electron chi connectivity index (χ4n) is 2.31. The largest absolute Gasteiger partial charge is 0.348 e. The minimum Gasteiger partial charge on any atom is -0.348 e. The summed E-state index contributed by atoms with van der Waals surface area (Å²) >= 11 is 0. The predicted molar refractivity (Wildman–Crippen MR) is 92.0 cm³/mol. The summed E-state index contributed by atoms with van der Waals surface area (Å²) < 4.78 is 12.9. The number of halogens is 1. The standard InChI is InChI=1S/C20H17FN2O/c1-14-2-6-16(7-3-14)19-11-8-17(13-22-19)20(24)23-12-15-4-9-18(21)10-5-15/h2-11,13H,12H2,1H3,(H,23,24). The molecule has 0 saturated carbocycles. The van der Waals surface area contributed by atoms with E-state index in [4.69, 9.17) is 0 Å². The molecule has 1 amide bonds. The van der Waals surface area contributed by atoms with E-state index in [0.29, 0.717) is 12.1 Å². The number of nitrogens with one attached hydrogen (secondary N) is 1. The van der Waals surface area contributed by atoms with Gasteiger partial charge in [0.1, 0.15) is 5.82 Å². The van der Waals surface area contributed by atoms with Crippen LogP contribution in [0.1, 0.15) is 21.5 Å². The monoisotopic (exact) mass is 320 g/mol. The van der Waals surface area contributed by atoms with Crippen LogP contribution in [0.25, 0.3) is 11.3 Å². The molecule has 3 nitrogen and oxygen atoms in total. The normalized spacial score (nSPS) is 10.4. The van der Waals surface area contributed by atoms with Crippen LogP contribution in [0.3, 0.4) is 0 Å². The highest BCUT2D eigenvalue weighted by atomic mass is 19.1. The summed E-state index contributed by atoms with van der Waals surface area (Å²) in [7, 11) is 0. The molecule has 0 spiro atoms. The fourth-order valence-corrected chi connectivity index (χ4v) is 2.31. The van der Waals surface area contributed by atoms with E-state index < -0.39 is 0 Å². The topological polar surface area (TPSA) is 42.0 Å². The third-order valence-electron chi connectivity index (χ3n) is 3.74. The van der Waals surface area contributed by atoms with Crippen molar-refractivity contribution in [2.24, 2.45) is 0 Å². The lowest BCUT2D eigenvalue weighted by molar-refractivity contribution is 0.0950. The molecule has 0 radical (unpaired) electrons. The zero-order valence-electron chi connectivity index (χ0n) is 13.3. The Balaban J connectivity index is 1.65. The summed E-state index contributed by atoms with van der Waals surface area (Å²) in [4.78, 5) is 16.5. The van der Waals surface area contributed by atoms with Crippen LogP contribution in [0.5, 0.6) is 0 Å². The Labute approximate surface area is 140 Å². The van der Waals surface area contributed by atoms with Gasteiger partial charge in [-0.3, -0.25) is 9.78 Å². The van der Waals surface area contributed by atoms with Gasteiger partial charge in [0.15, 0.2) is 0 Å². The number of rotatable bonds is 4. The van der Waals surface area contributed by atoms with Crippen LogP contribution in [0, 0.1) is 12.7 Å². The number of hydrogen-bond acceptors (Lipinski definition) is 2. The Bertz CT molecular complexity index is 825. The van der Waals surface area contributed by atoms with Gasteiger partial charge in [0.2, 0.25) is 0 Å². The number of hydrogen-bond donors (Lipinski definition) is 1. The highest BCUT2D eigenvalue weighted by Gasteiger charge is 2.07. The molecule has 3 aromatic rings. The van der Waals surface area contributed by atoms with E-state index in [0.717, 1.165) is 16.8 Å². The van der Waals surface area contributed by atoms with Crippen LogP contribution in [-0.2, 0) is 6.54 Å². The van der Waals surface area contributed by atoms with Crippen molar-refractivity contribution < 1.29 is 9.18 Å². The van der Waals surface area contributed by atoms with E-state index >= 15 is 0 Å². The molecule has 0 saturated heterocycles. The molecule has 0 aliphatic heterocycles. The van der Waals surface area contributed by atoms with E-state index in [2.05, 4.69) is 10.3 Å². The number of nitrogens with zero attached hydrogens (tertiary/aromatic N) is 1. The second kappa shape index (κ2) is 7.04. The first kappa shape index (κ1) is 15.9. The van der Waals surface area contributed by atoms with E-state index in [9.17, 15) is 9.18 Å². The number of aromatic nitrogens is 1. The van der Waals surface area contributed by atoms with Crippen LogP contribution in [0.2, 0.25) is 0 Å². The highest BCUT2D eigenvalue weighted by Crippen LogP contribution is 2.17. The third-order valence-corrected chi connectivity index (χ3v) is 3.74. The predicted octanol–water partition coefficient (Wildman–Crippen LogP) is 4.13. The van der Waals surface area contributed by atoms with Gasteiger partial charge in [-0.2, -0.15) is 0 Å². The zero-order chi connectivity index (χ0) is 16.9. The lowest BCUT2D eigenvalue weighted by Crippen LogP contribution is -2.22. The van der Waals surface area contributed by atoms with Gasteiger partial charge < -0.3 is 5.32 Å². The smallest absolute Gasteiger partial charge is 0.253 e. The molecule has 4 heteroatoms. The molecule has 1 aromatic heterocycles. The number of aryl methyl sites for hydroxylation is 1. The summed E-state index contributed by atoms with van der Waals surface area (Å²) in [6.45, 7) is 2.38. The van der Waals surface area contributed by atoms with Crippen LogP contribution >= 0.6 is 0 Å². The molecular formula is C20H17FN2O. The molecule has 0 atom stereocenters. The van der Waals surface area contributed by atoms with Gasteiger partial charge in [-0.15, -0.1) is 0 Å². The number of amides is 1. The summed E-state index contributed by atoms with van der Waals surface area (Å²) in [5.41, 5.74) is 4.36. The van der Waals surface area contributed by atoms with Crippen molar-refractivity contribution >= 4 is 5.91 Å². The second-order valence-electron chi connectivity index (χ2n) is 5.61. The lowest BCUT2D eigenvalue weighted by atomic mass is 10.1. The van der Waals surface area contributed by atoms with E-state index in [1.54, 1.807) is 24.4 Å². The van der Waals surface area contributed by atoms with Crippen molar-refractivity contribution in [1.82, 2.24) is 10.3 Å². The van der Waals surface area contributed by atoms with Gasteiger partial charge in [0.05, 0.1) is 11.3 Å². The average Bonchev–Trinajstić information content (AvgIpc) is 2.62. The van der Waals surface area contributed by atoms with Crippen molar-refractivity contribution in [2.75, 3.05) is 0 Å². The molecule has 3 rings (SSSR count). The average molecular weight is 320 g/mol. The van der Waals surface area contributed by atoms with Gasteiger partial charge in [0.25, 0.3) is 5.91 Å². The minimum atomic E-state index is -0.291. The number of benzene rings is 2. The maximum atomic E-state index is 12.9. The molecule has 0 unspecified atom stereocenters. The first-order valence-electron chi connectivity index (χ1n) is 7.67. The Hall–Kier alpha value is -3.01. The number of pyridine rings is 1. The van der Waals surface area contributed by atoms with E-state index in [1.165, 1.54) is 17.7 Å². The quantitative estimate of drug-likeness (QED) is 0.785. The molecule has 120 valence electrons. The van der Waals surface area contributed by atoms with Gasteiger partial charge in [-0.25, -0.2) is 4.39 Å². The van der Waals surface area contributed by atoms with Crippen molar-refractivity contribution in [3.8, 4) is 11.3 Å². The summed E-state index contributed by atoms with van der Waals surface area (Å²) in [6.07, 6.45) is 1.56. The van der Waals surface area contributed by atoms with Crippen molar-refractivity contribution in [3.05, 3.63) is 89.4 Å². The molecule has 1 heterocycles. The van der Waals surface area contributed by atoms with Crippen molar-refractivity contribution in [1.29, 1.82) is 0 Å². The van der Waals surface area contributed by atoms with E-state index in [1.807, 2.05) is 37.3 Å². The fraction of sp³-hybridized carbons (Fsp3) is 0.100. The summed E-state index contributed by atoms with van der Waals surface area (Å²) in [6, 6.07) is 17.7. The first-order valence-corrected chi connectivity index (χ1v) is 7.67. The second-order valence-corrected chi connectivity index (χ2v) is 5.61. The van der Waals surface area contributed by atoms with Crippen molar-refractivity contribution in [2.45, 2.75) is 13.5 Å². The number of carbonyl (C=O) groups excluding carboxylic acids is 1. The lowest BCUT2D eigenvalue weighted by Gasteiger charge is -2.06. The van der Waals surface area contributed by atoms with Gasteiger partial charge in [0, 0.05) is 18.3 Å². The maximum absolute atomic E-state index is 12.9. The maximum Gasteiger partial charge on any atom is 0.253 e. The van der Waals surface area contributed by atoms with Crippen molar-refractivity contribution in [3.63, 3.8) is 0 Å². The molecule has 24 heavy (non-hydrogen) atoms.